The molecule has 0 saturated heterocycles. The number of nitrogens with zero attached hydrogens (tertiary/aromatic N) is 2. The summed E-state index contributed by atoms with van der Waals surface area (Å²) in [5, 5.41) is 0. The van der Waals surface area contributed by atoms with Gasteiger partial charge in [0.1, 0.15) is 0 Å². The fraction of sp³-hybridized carbons (Fsp3) is 0. The molecule has 0 fully saturated rings. The van der Waals surface area contributed by atoms with Crippen LogP contribution in [-0.4, -0.2) is 13.7 Å². The Hall–Kier alpha value is -5.73. The summed E-state index contributed by atoms with van der Waals surface area (Å²) in [6, 6.07) is 58.8. The Morgan fingerprint density at radius 3 is 1.50 bits per heavy atom. The second-order valence-corrected chi connectivity index (χ2v) is 12.8. The van der Waals surface area contributed by atoms with Crippen molar-refractivity contribution in [1.29, 1.82) is 0 Å². The van der Waals surface area contributed by atoms with Crippen molar-refractivity contribution in [3.05, 3.63) is 158 Å². The van der Waals surface area contributed by atoms with Gasteiger partial charge in [-0.15, -0.1) is 0 Å². The summed E-state index contributed by atoms with van der Waals surface area (Å²) < 4.78 is 0. The van der Waals surface area contributed by atoms with E-state index >= 15 is 0 Å². The second-order valence-electron chi connectivity index (χ2n) is 12.8. The van der Waals surface area contributed by atoms with Gasteiger partial charge in [0.25, 0.3) is 0 Å². The normalized spacial score (nSPS) is 13.9. The molecule has 0 N–H and O–H groups in total. The van der Waals surface area contributed by atoms with Gasteiger partial charge in [0.15, 0.2) is 0 Å². The first-order chi connectivity index (χ1) is 22.9. The summed E-state index contributed by atoms with van der Waals surface area (Å²) >= 11 is 0. The van der Waals surface area contributed by atoms with E-state index in [2.05, 4.69) is 167 Å². The van der Waals surface area contributed by atoms with Crippen molar-refractivity contribution >= 4 is 58.3 Å². The van der Waals surface area contributed by atoms with E-state index in [4.69, 9.17) is 0 Å². The predicted octanol–water partition coefficient (Wildman–Crippen LogP) is 7.50. The molecule has 0 bridgehead atoms. The van der Waals surface area contributed by atoms with E-state index in [-0.39, 0.29) is 13.7 Å². The SMILES string of the molecule is c1ccc(-c2ccc3c(c2)-c2ccccc2N2B3c3cccc4c3-c3c(cccc32)N2B4c3ccccc3-c3ccccc32)cc1. The van der Waals surface area contributed by atoms with Gasteiger partial charge >= 0.3 is 13.7 Å². The largest absolute Gasteiger partial charge is 0.376 e. The molecular formula is C42H26B2N2. The monoisotopic (exact) mass is 580 g/mol. The zero-order valence-electron chi connectivity index (χ0n) is 25.1. The Labute approximate surface area is 269 Å². The summed E-state index contributed by atoms with van der Waals surface area (Å²) in [4.78, 5) is 5.23. The van der Waals surface area contributed by atoms with Crippen LogP contribution in [0.3, 0.4) is 0 Å². The summed E-state index contributed by atoms with van der Waals surface area (Å²) in [6.07, 6.45) is 0. The maximum atomic E-state index is 2.62. The predicted molar refractivity (Wildman–Crippen MR) is 195 cm³/mol. The Kier molecular flexibility index (Phi) is 4.77. The molecule has 46 heavy (non-hydrogen) atoms. The second kappa shape index (κ2) is 8.93. The lowest BCUT2D eigenvalue weighted by Crippen LogP contribution is -2.65. The molecule has 210 valence electrons. The van der Waals surface area contributed by atoms with Crippen molar-refractivity contribution in [1.82, 2.24) is 0 Å². The summed E-state index contributed by atoms with van der Waals surface area (Å²) in [5.74, 6) is 0. The smallest absolute Gasteiger partial charge is 0.329 e. The van der Waals surface area contributed by atoms with Gasteiger partial charge in [-0.2, -0.15) is 0 Å². The summed E-state index contributed by atoms with van der Waals surface area (Å²) in [7, 11) is 0. The zero-order chi connectivity index (χ0) is 29.9. The molecule has 7 aromatic carbocycles. The van der Waals surface area contributed by atoms with E-state index in [1.54, 1.807) is 0 Å². The number of benzene rings is 7. The van der Waals surface area contributed by atoms with Crippen LogP contribution in [0, 0.1) is 0 Å². The molecule has 11 rings (SSSR count). The van der Waals surface area contributed by atoms with E-state index in [1.165, 1.54) is 89.1 Å². The quantitative estimate of drug-likeness (QED) is 0.186. The van der Waals surface area contributed by atoms with Gasteiger partial charge in [0.05, 0.1) is 0 Å². The van der Waals surface area contributed by atoms with Crippen LogP contribution < -0.4 is 31.5 Å². The average Bonchev–Trinajstić information content (AvgIpc) is 3.14. The molecular weight excluding hydrogens is 554 g/mol. The van der Waals surface area contributed by atoms with Crippen molar-refractivity contribution in [2.24, 2.45) is 0 Å². The minimum Gasteiger partial charge on any atom is -0.376 e. The Bertz CT molecular complexity index is 2420. The topological polar surface area (TPSA) is 6.48 Å². The van der Waals surface area contributed by atoms with Crippen LogP contribution in [0.2, 0.25) is 0 Å². The molecule has 0 atom stereocenters. The lowest BCUT2D eigenvalue weighted by Gasteiger charge is -2.49. The highest BCUT2D eigenvalue weighted by atomic mass is 15.1. The third-order valence-corrected chi connectivity index (χ3v) is 10.6. The summed E-state index contributed by atoms with van der Waals surface area (Å²) in [6.45, 7) is 0.177. The van der Waals surface area contributed by atoms with Crippen molar-refractivity contribution in [3.63, 3.8) is 0 Å². The van der Waals surface area contributed by atoms with Gasteiger partial charge in [0, 0.05) is 39.4 Å². The minimum absolute atomic E-state index is 0.0742. The Morgan fingerprint density at radius 1 is 0.304 bits per heavy atom. The number of anilines is 4. The Morgan fingerprint density at radius 2 is 0.804 bits per heavy atom. The van der Waals surface area contributed by atoms with Crippen molar-refractivity contribution in [2.75, 3.05) is 9.62 Å². The van der Waals surface area contributed by atoms with Gasteiger partial charge < -0.3 is 9.62 Å². The Balaban J connectivity index is 1.23. The fourth-order valence-corrected chi connectivity index (χ4v) is 8.87. The molecule has 0 aliphatic carbocycles. The average molecular weight is 580 g/mol. The van der Waals surface area contributed by atoms with Crippen LogP contribution in [0.15, 0.2) is 158 Å². The van der Waals surface area contributed by atoms with Crippen molar-refractivity contribution < 1.29 is 0 Å². The van der Waals surface area contributed by atoms with Crippen LogP contribution >= 0.6 is 0 Å². The van der Waals surface area contributed by atoms with E-state index in [1.807, 2.05) is 0 Å². The third-order valence-electron chi connectivity index (χ3n) is 10.6. The number of para-hydroxylation sites is 2. The molecule has 0 spiro atoms. The van der Waals surface area contributed by atoms with Gasteiger partial charge in [-0.3, -0.25) is 0 Å². The van der Waals surface area contributed by atoms with Crippen LogP contribution in [0.4, 0.5) is 22.7 Å². The van der Waals surface area contributed by atoms with Crippen LogP contribution in [-0.2, 0) is 0 Å². The third kappa shape index (κ3) is 3.04. The first-order valence-corrected chi connectivity index (χ1v) is 16.2. The highest BCUT2D eigenvalue weighted by molar-refractivity contribution is 6.97. The van der Waals surface area contributed by atoms with Crippen LogP contribution in [0.5, 0.6) is 0 Å². The molecule has 4 heteroatoms. The number of rotatable bonds is 1. The van der Waals surface area contributed by atoms with Crippen molar-refractivity contribution in [3.8, 4) is 44.5 Å². The van der Waals surface area contributed by atoms with Gasteiger partial charge in [-0.05, 0) is 80.0 Å². The maximum absolute atomic E-state index is 2.62. The molecule has 0 saturated carbocycles. The van der Waals surface area contributed by atoms with E-state index in [9.17, 15) is 0 Å². The molecule has 0 radical (unpaired) electrons. The molecule has 7 aromatic rings. The molecule has 4 heterocycles. The number of hydrogen-bond acceptors (Lipinski definition) is 2. The standard InChI is InChI=1S/C42H26B2N2/c1-2-12-27(13-3-1)28-24-25-34-32(26-28)31-16-6-9-21-38(31)46-40-23-11-22-39-42(40)41-35(18-10-19-36(41)44(34)46)43-33-17-7-4-14-29(33)30-15-5-8-20-37(30)45(39)43/h1-26H. The minimum atomic E-state index is 0.0742. The first kappa shape index (κ1) is 24.6. The maximum Gasteiger partial charge on any atom is 0.329 e. The van der Waals surface area contributed by atoms with E-state index in [0.717, 1.165) is 0 Å². The lowest BCUT2D eigenvalue weighted by atomic mass is 9.37. The van der Waals surface area contributed by atoms with Crippen LogP contribution in [0.25, 0.3) is 44.5 Å². The van der Waals surface area contributed by atoms with E-state index in [0.29, 0.717) is 0 Å². The highest BCUT2D eigenvalue weighted by Crippen LogP contribution is 2.53. The van der Waals surface area contributed by atoms with Crippen molar-refractivity contribution in [2.45, 2.75) is 0 Å². The molecule has 2 nitrogen and oxygen atoms in total. The molecule has 4 aliphatic rings. The fourth-order valence-electron chi connectivity index (χ4n) is 8.87. The summed E-state index contributed by atoms with van der Waals surface area (Å²) in [5.41, 5.74) is 21.1. The lowest BCUT2D eigenvalue weighted by molar-refractivity contribution is 1.30. The van der Waals surface area contributed by atoms with Crippen LogP contribution in [0.1, 0.15) is 0 Å². The zero-order valence-corrected chi connectivity index (χ0v) is 25.1. The molecule has 0 unspecified atom stereocenters. The molecule has 0 amide bonds. The van der Waals surface area contributed by atoms with E-state index < -0.39 is 0 Å². The number of hydrogen-bond donors (Lipinski definition) is 0. The number of fused-ring (bicyclic) bond motifs is 16. The first-order valence-electron chi connectivity index (χ1n) is 16.2. The van der Waals surface area contributed by atoms with Gasteiger partial charge in [-0.25, -0.2) is 0 Å². The highest BCUT2D eigenvalue weighted by Gasteiger charge is 2.49. The van der Waals surface area contributed by atoms with Gasteiger partial charge in [0.2, 0.25) is 0 Å². The molecule has 4 aliphatic heterocycles. The van der Waals surface area contributed by atoms with Gasteiger partial charge in [-0.1, -0.05) is 127 Å². The molecule has 0 aromatic heterocycles.